The van der Waals surface area contributed by atoms with Gasteiger partial charge >= 0.3 is 0 Å². The average Bonchev–Trinajstić information content (AvgIpc) is 3.49. The molecule has 0 radical (unpaired) electrons. The first kappa shape index (κ1) is 23.2. The predicted octanol–water partition coefficient (Wildman–Crippen LogP) is 5.15. The van der Waals surface area contributed by atoms with E-state index in [1.807, 2.05) is 29.6 Å². The molecule has 0 atom stereocenters. The Morgan fingerprint density at radius 2 is 1.37 bits per heavy atom. The van der Waals surface area contributed by atoms with Gasteiger partial charge in [0.2, 0.25) is 0 Å². The number of carbonyl (C=O) groups is 1. The van der Waals surface area contributed by atoms with Crippen LogP contribution in [0.15, 0.2) is 78.9 Å². The van der Waals surface area contributed by atoms with E-state index in [0.29, 0.717) is 0 Å². The third kappa shape index (κ3) is 4.53. The Kier molecular flexibility index (Phi) is 6.63. The Bertz CT molecular complexity index is 1170. The van der Waals surface area contributed by atoms with Crippen LogP contribution in [0.25, 0.3) is 11.1 Å². The van der Waals surface area contributed by atoms with Crippen LogP contribution in [0.5, 0.6) is 0 Å². The summed E-state index contributed by atoms with van der Waals surface area (Å²) in [6, 6.07) is 27.9. The molecule has 0 aromatic heterocycles. The van der Waals surface area contributed by atoms with E-state index < -0.39 is 4.08 Å². The summed E-state index contributed by atoms with van der Waals surface area (Å²) >= 11 is 3.65. The molecule has 0 bridgehead atoms. The Hall–Kier alpha value is -2.25. The quantitative estimate of drug-likeness (QED) is 0.466. The van der Waals surface area contributed by atoms with Gasteiger partial charge in [-0.05, 0) is 28.8 Å². The van der Waals surface area contributed by atoms with E-state index in [4.69, 9.17) is 0 Å². The van der Waals surface area contributed by atoms with E-state index in [1.54, 1.807) is 0 Å². The molecule has 2 fully saturated rings. The molecule has 0 aliphatic carbocycles. The van der Waals surface area contributed by atoms with Gasteiger partial charge in [-0.25, -0.2) is 0 Å². The van der Waals surface area contributed by atoms with Crippen LogP contribution in [0, 0.1) is 0 Å². The first-order valence-electron chi connectivity index (χ1n) is 12.5. The van der Waals surface area contributed by atoms with Crippen molar-refractivity contribution in [1.82, 2.24) is 9.80 Å². The Labute approximate surface area is 216 Å². The summed E-state index contributed by atoms with van der Waals surface area (Å²) in [5, 5.41) is 0. The summed E-state index contributed by atoms with van der Waals surface area (Å²) in [5.74, 6) is 2.33. The third-order valence-corrected chi connectivity index (χ3v) is 10.7. The van der Waals surface area contributed by atoms with E-state index in [9.17, 15) is 4.79 Å². The zero-order valence-corrected chi connectivity index (χ0v) is 21.6. The number of carbonyl (C=O) groups excluding carboxylic acids is 1. The molecular formula is C29H31N3OS2. The van der Waals surface area contributed by atoms with Crippen LogP contribution in [0.3, 0.4) is 0 Å². The number of hydrogen-bond acceptors (Lipinski definition) is 5. The normalized spacial score (nSPS) is 20.0. The maximum Gasteiger partial charge on any atom is 0.258 e. The SMILES string of the molecule is O=C1N(CCN2CCN(Cc3ccccc3)CC2)c2ccc(-c3ccccc3)cc2C12SCCS2. The molecule has 0 saturated carbocycles. The number of rotatable bonds is 6. The van der Waals surface area contributed by atoms with E-state index in [-0.39, 0.29) is 5.91 Å². The average molecular weight is 502 g/mol. The molecular weight excluding hydrogens is 470 g/mol. The largest absolute Gasteiger partial charge is 0.309 e. The fourth-order valence-electron chi connectivity index (χ4n) is 5.41. The van der Waals surface area contributed by atoms with Gasteiger partial charge in [-0.15, -0.1) is 23.5 Å². The van der Waals surface area contributed by atoms with Crippen molar-refractivity contribution >= 4 is 35.1 Å². The molecule has 0 unspecified atom stereocenters. The van der Waals surface area contributed by atoms with E-state index in [2.05, 4.69) is 87.5 Å². The molecule has 1 amide bonds. The maximum atomic E-state index is 13.8. The van der Waals surface area contributed by atoms with Crippen molar-refractivity contribution < 1.29 is 4.79 Å². The predicted molar refractivity (Wildman–Crippen MR) is 149 cm³/mol. The zero-order chi connectivity index (χ0) is 23.7. The number of hydrogen-bond donors (Lipinski definition) is 0. The van der Waals surface area contributed by atoms with E-state index in [0.717, 1.165) is 63.0 Å². The second kappa shape index (κ2) is 10.0. The minimum Gasteiger partial charge on any atom is -0.309 e. The highest BCUT2D eigenvalue weighted by Crippen LogP contribution is 2.59. The van der Waals surface area contributed by atoms with Gasteiger partial charge in [-0.2, -0.15) is 0 Å². The summed E-state index contributed by atoms with van der Waals surface area (Å²) in [6.07, 6.45) is 0. The number of nitrogens with zero attached hydrogens (tertiary/aromatic N) is 3. The standard InChI is InChI=1S/C29H31N3OS2/c33-28-29(34-19-20-35-29)26-21-25(24-9-5-2-6-10-24)11-12-27(26)32(28)18-17-30-13-15-31(16-14-30)22-23-7-3-1-4-8-23/h1-12,21H,13-20,22H2. The van der Waals surface area contributed by atoms with Crippen molar-refractivity contribution in [3.05, 3.63) is 90.0 Å². The second-order valence-corrected chi connectivity index (χ2v) is 12.3. The third-order valence-electron chi connectivity index (χ3n) is 7.32. The molecule has 3 aromatic rings. The lowest BCUT2D eigenvalue weighted by atomic mass is 10.0. The first-order chi connectivity index (χ1) is 17.2. The van der Waals surface area contributed by atoms with Crippen LogP contribution in [-0.2, 0) is 15.4 Å². The fourth-order valence-corrected chi connectivity index (χ4v) is 8.60. The van der Waals surface area contributed by atoms with Crippen LogP contribution in [-0.4, -0.2) is 66.5 Å². The zero-order valence-electron chi connectivity index (χ0n) is 19.9. The lowest BCUT2D eigenvalue weighted by Gasteiger charge is -2.35. The number of piperazine rings is 1. The maximum absolute atomic E-state index is 13.8. The van der Waals surface area contributed by atoms with Crippen LogP contribution in [0.1, 0.15) is 11.1 Å². The monoisotopic (exact) mass is 501 g/mol. The molecule has 6 heteroatoms. The van der Waals surface area contributed by atoms with E-state index >= 15 is 0 Å². The van der Waals surface area contributed by atoms with Crippen molar-refractivity contribution in [3.63, 3.8) is 0 Å². The molecule has 3 aliphatic heterocycles. The second-order valence-electron chi connectivity index (χ2n) is 9.47. The van der Waals surface area contributed by atoms with Crippen LogP contribution in [0.4, 0.5) is 5.69 Å². The number of thioether (sulfide) groups is 2. The molecule has 2 saturated heterocycles. The van der Waals surface area contributed by atoms with Crippen molar-refractivity contribution in [1.29, 1.82) is 0 Å². The first-order valence-corrected chi connectivity index (χ1v) is 14.5. The number of anilines is 1. The highest BCUT2D eigenvalue weighted by Gasteiger charge is 2.54. The minimum atomic E-state index is -0.464. The summed E-state index contributed by atoms with van der Waals surface area (Å²) in [5.41, 5.74) is 6.09. The Balaban J connectivity index is 1.15. The molecule has 1 spiro atoms. The molecule has 4 nitrogen and oxygen atoms in total. The summed E-state index contributed by atoms with van der Waals surface area (Å²) < 4.78 is -0.464. The summed E-state index contributed by atoms with van der Waals surface area (Å²) in [7, 11) is 0. The van der Waals surface area contributed by atoms with Gasteiger partial charge < -0.3 is 4.90 Å². The van der Waals surface area contributed by atoms with Gasteiger partial charge in [0, 0.05) is 68.6 Å². The van der Waals surface area contributed by atoms with Crippen molar-refractivity contribution in [2.24, 2.45) is 0 Å². The van der Waals surface area contributed by atoms with Crippen LogP contribution in [0.2, 0.25) is 0 Å². The Morgan fingerprint density at radius 1 is 0.714 bits per heavy atom. The lowest BCUT2D eigenvalue weighted by molar-refractivity contribution is -0.118. The van der Waals surface area contributed by atoms with Gasteiger partial charge in [0.15, 0.2) is 4.08 Å². The number of fused-ring (bicyclic) bond motifs is 2. The minimum absolute atomic E-state index is 0.271. The topological polar surface area (TPSA) is 26.8 Å². The summed E-state index contributed by atoms with van der Waals surface area (Å²) in [4.78, 5) is 21.0. The van der Waals surface area contributed by atoms with E-state index in [1.165, 1.54) is 22.3 Å². The smallest absolute Gasteiger partial charge is 0.258 e. The van der Waals surface area contributed by atoms with Crippen LogP contribution >= 0.6 is 23.5 Å². The molecule has 0 N–H and O–H groups in total. The van der Waals surface area contributed by atoms with Crippen molar-refractivity contribution in [2.45, 2.75) is 10.6 Å². The molecule has 3 aromatic carbocycles. The van der Waals surface area contributed by atoms with Gasteiger partial charge in [0.1, 0.15) is 0 Å². The molecule has 6 rings (SSSR count). The summed E-state index contributed by atoms with van der Waals surface area (Å²) in [6.45, 7) is 6.99. The highest BCUT2D eigenvalue weighted by molar-refractivity contribution is 8.21. The van der Waals surface area contributed by atoms with Gasteiger partial charge in [-0.3, -0.25) is 14.6 Å². The van der Waals surface area contributed by atoms with Crippen molar-refractivity contribution in [3.8, 4) is 11.1 Å². The fraction of sp³-hybridized carbons (Fsp3) is 0.345. The number of amides is 1. The van der Waals surface area contributed by atoms with Gasteiger partial charge in [0.25, 0.3) is 5.91 Å². The lowest BCUT2D eigenvalue weighted by Crippen LogP contribution is -2.48. The highest BCUT2D eigenvalue weighted by atomic mass is 32.2. The molecule has 3 aliphatic rings. The number of benzene rings is 3. The van der Waals surface area contributed by atoms with Crippen molar-refractivity contribution in [2.75, 3.05) is 55.7 Å². The van der Waals surface area contributed by atoms with Crippen LogP contribution < -0.4 is 4.90 Å². The molecule has 35 heavy (non-hydrogen) atoms. The van der Waals surface area contributed by atoms with Gasteiger partial charge in [-0.1, -0.05) is 66.7 Å². The Morgan fingerprint density at radius 3 is 2.09 bits per heavy atom. The van der Waals surface area contributed by atoms with Gasteiger partial charge in [0.05, 0.1) is 0 Å². The molecule has 180 valence electrons. The molecule has 3 heterocycles.